The molecule has 1 aliphatic rings. The molecule has 0 aromatic heterocycles. The number of hydrogen-bond acceptors (Lipinski definition) is 5. The van der Waals surface area contributed by atoms with Crippen LogP contribution >= 0.6 is 0 Å². The fourth-order valence-electron chi connectivity index (χ4n) is 3.27. The van der Waals surface area contributed by atoms with Crippen molar-refractivity contribution in [1.82, 2.24) is 0 Å². The number of allylic oxidation sites excluding steroid dienone is 2. The maximum atomic E-state index is 12.2. The molecule has 152 valence electrons. The Hall–Kier alpha value is -2.44. The predicted molar refractivity (Wildman–Crippen MR) is 105 cm³/mol. The molecule has 0 unspecified atom stereocenters. The Morgan fingerprint density at radius 2 is 2.00 bits per heavy atom. The third kappa shape index (κ3) is 7.29. The summed E-state index contributed by atoms with van der Waals surface area (Å²) in [5.74, 6) is -0.821. The SMILES string of the molecule is O=C(O)CCC/C=C\C[C@@H]1C(=O)C[C@@H](O)[C@@H]1/C=C/[C@@H](O)COc1ccccc1. The molecule has 1 saturated carbocycles. The summed E-state index contributed by atoms with van der Waals surface area (Å²) >= 11 is 0. The normalized spacial score (nSPS) is 23.5. The maximum Gasteiger partial charge on any atom is 0.303 e. The third-order valence-electron chi connectivity index (χ3n) is 4.77. The molecule has 1 aliphatic carbocycles. The van der Waals surface area contributed by atoms with E-state index in [1.807, 2.05) is 30.4 Å². The van der Waals surface area contributed by atoms with Crippen molar-refractivity contribution in [2.24, 2.45) is 11.8 Å². The Morgan fingerprint density at radius 3 is 2.71 bits per heavy atom. The van der Waals surface area contributed by atoms with E-state index in [2.05, 4.69) is 0 Å². The van der Waals surface area contributed by atoms with Crippen LogP contribution in [0.1, 0.15) is 32.1 Å². The number of aliphatic carboxylic acids is 1. The predicted octanol–water partition coefficient (Wildman–Crippen LogP) is 2.75. The number of aliphatic hydroxyl groups is 2. The fourth-order valence-corrected chi connectivity index (χ4v) is 3.27. The molecular weight excluding hydrogens is 360 g/mol. The van der Waals surface area contributed by atoms with Crippen LogP contribution in [-0.4, -0.2) is 45.9 Å². The van der Waals surface area contributed by atoms with Crippen LogP contribution in [-0.2, 0) is 9.59 Å². The van der Waals surface area contributed by atoms with Gasteiger partial charge in [-0.15, -0.1) is 0 Å². The fraction of sp³-hybridized carbons (Fsp3) is 0.455. The highest BCUT2D eigenvalue weighted by Gasteiger charge is 2.39. The lowest BCUT2D eigenvalue weighted by atomic mass is 9.90. The number of hydrogen-bond donors (Lipinski definition) is 3. The number of carbonyl (C=O) groups is 2. The smallest absolute Gasteiger partial charge is 0.303 e. The lowest BCUT2D eigenvalue weighted by molar-refractivity contribution is -0.137. The average molecular weight is 388 g/mol. The summed E-state index contributed by atoms with van der Waals surface area (Å²) in [4.78, 5) is 22.7. The molecule has 0 spiro atoms. The summed E-state index contributed by atoms with van der Waals surface area (Å²) in [6, 6.07) is 9.17. The second-order valence-electron chi connectivity index (χ2n) is 6.99. The van der Waals surface area contributed by atoms with E-state index in [4.69, 9.17) is 9.84 Å². The molecule has 0 amide bonds. The number of carboxylic acid groups (broad SMARTS) is 1. The summed E-state index contributed by atoms with van der Waals surface area (Å²) in [6.07, 6.45) is 7.37. The van der Waals surface area contributed by atoms with Crippen LogP contribution in [0.5, 0.6) is 5.75 Å². The number of benzene rings is 1. The van der Waals surface area contributed by atoms with Crippen LogP contribution in [0.25, 0.3) is 0 Å². The van der Waals surface area contributed by atoms with Crippen molar-refractivity contribution in [3.63, 3.8) is 0 Å². The minimum atomic E-state index is -0.838. The van der Waals surface area contributed by atoms with Crippen LogP contribution in [0.15, 0.2) is 54.6 Å². The number of aliphatic hydroxyl groups excluding tert-OH is 2. The van der Waals surface area contributed by atoms with Gasteiger partial charge >= 0.3 is 5.97 Å². The molecule has 0 saturated heterocycles. The Bertz CT molecular complexity index is 682. The first-order valence-electron chi connectivity index (χ1n) is 9.59. The van der Waals surface area contributed by atoms with Gasteiger partial charge in [-0.05, 0) is 31.4 Å². The monoisotopic (exact) mass is 388 g/mol. The Labute approximate surface area is 165 Å². The van der Waals surface area contributed by atoms with Crippen molar-refractivity contribution < 1.29 is 29.6 Å². The van der Waals surface area contributed by atoms with E-state index in [1.165, 1.54) is 0 Å². The average Bonchev–Trinajstić information content (AvgIpc) is 2.94. The number of unbranched alkanes of at least 4 members (excludes halogenated alkanes) is 1. The molecule has 3 N–H and O–H groups in total. The zero-order chi connectivity index (χ0) is 20.4. The van der Waals surface area contributed by atoms with E-state index in [-0.39, 0.29) is 37.1 Å². The van der Waals surface area contributed by atoms with Crippen molar-refractivity contribution in [3.05, 3.63) is 54.6 Å². The van der Waals surface area contributed by atoms with E-state index in [9.17, 15) is 19.8 Å². The summed E-state index contributed by atoms with van der Waals surface area (Å²) in [6.45, 7) is 0.0887. The van der Waals surface area contributed by atoms with Crippen LogP contribution < -0.4 is 4.74 Å². The molecule has 0 heterocycles. The molecule has 6 nitrogen and oxygen atoms in total. The first kappa shape index (κ1) is 21.9. The van der Waals surface area contributed by atoms with Gasteiger partial charge in [-0.25, -0.2) is 0 Å². The molecule has 1 fully saturated rings. The molecule has 0 bridgehead atoms. The van der Waals surface area contributed by atoms with Gasteiger partial charge in [-0.3, -0.25) is 9.59 Å². The summed E-state index contributed by atoms with van der Waals surface area (Å²) < 4.78 is 5.49. The van der Waals surface area contributed by atoms with Crippen molar-refractivity contribution in [3.8, 4) is 5.75 Å². The van der Waals surface area contributed by atoms with Gasteiger partial charge in [0.25, 0.3) is 0 Å². The first-order valence-corrected chi connectivity index (χ1v) is 9.59. The molecule has 1 aromatic rings. The molecule has 1 aromatic carbocycles. The zero-order valence-electron chi connectivity index (χ0n) is 15.8. The molecule has 0 radical (unpaired) electrons. The maximum absolute atomic E-state index is 12.2. The standard InChI is InChI=1S/C22H28O6/c23-16(15-28-17-8-4-3-5-9-17)12-13-19-18(20(24)14-21(19)25)10-6-1-2-7-11-22(26)27/h1,3-6,8-9,12-13,16,18-19,21,23,25H,2,7,10-11,14-15H2,(H,26,27)/b6-1-,13-12+/t16-,18+,19-,21-/m1/s1. The molecule has 2 rings (SSSR count). The molecule has 28 heavy (non-hydrogen) atoms. The third-order valence-corrected chi connectivity index (χ3v) is 4.77. The lowest BCUT2D eigenvalue weighted by Crippen LogP contribution is -2.20. The number of Topliss-reactive ketones (excluding diaryl/α,β-unsaturated/α-hetero) is 1. The van der Waals surface area contributed by atoms with Crippen molar-refractivity contribution in [2.75, 3.05) is 6.61 Å². The lowest BCUT2D eigenvalue weighted by Gasteiger charge is -2.17. The second kappa shape index (κ2) is 11.4. The van der Waals surface area contributed by atoms with Gasteiger partial charge in [0.1, 0.15) is 24.2 Å². The number of ether oxygens (including phenoxy) is 1. The van der Waals surface area contributed by atoms with Crippen molar-refractivity contribution >= 4 is 11.8 Å². The molecular formula is C22H28O6. The first-order chi connectivity index (χ1) is 13.5. The number of para-hydroxylation sites is 1. The number of rotatable bonds is 11. The topological polar surface area (TPSA) is 104 Å². The second-order valence-corrected chi connectivity index (χ2v) is 6.99. The van der Waals surface area contributed by atoms with Gasteiger partial charge in [0.15, 0.2) is 0 Å². The van der Waals surface area contributed by atoms with Crippen molar-refractivity contribution in [2.45, 2.75) is 44.3 Å². The van der Waals surface area contributed by atoms with Crippen LogP contribution in [0.3, 0.4) is 0 Å². The zero-order valence-corrected chi connectivity index (χ0v) is 15.8. The van der Waals surface area contributed by atoms with E-state index in [1.54, 1.807) is 24.3 Å². The largest absolute Gasteiger partial charge is 0.491 e. The van der Waals surface area contributed by atoms with E-state index < -0.39 is 18.2 Å². The highest BCUT2D eigenvalue weighted by atomic mass is 16.5. The number of carboxylic acids is 1. The van der Waals surface area contributed by atoms with Gasteiger partial charge in [0, 0.05) is 24.7 Å². The molecule has 4 atom stereocenters. The van der Waals surface area contributed by atoms with Crippen LogP contribution in [0.4, 0.5) is 0 Å². The van der Waals surface area contributed by atoms with Gasteiger partial charge < -0.3 is 20.1 Å². The van der Waals surface area contributed by atoms with E-state index >= 15 is 0 Å². The highest BCUT2D eigenvalue weighted by molar-refractivity contribution is 5.84. The Balaban J connectivity index is 1.82. The molecule has 6 heteroatoms. The summed E-state index contributed by atoms with van der Waals surface area (Å²) in [5.41, 5.74) is 0. The van der Waals surface area contributed by atoms with Gasteiger partial charge in [0.05, 0.1) is 6.10 Å². The Kier molecular flexibility index (Phi) is 8.91. The Morgan fingerprint density at radius 1 is 1.25 bits per heavy atom. The quantitative estimate of drug-likeness (QED) is 0.398. The van der Waals surface area contributed by atoms with Gasteiger partial charge in [-0.2, -0.15) is 0 Å². The summed E-state index contributed by atoms with van der Waals surface area (Å²) in [5, 5.41) is 28.9. The molecule has 0 aliphatic heterocycles. The summed E-state index contributed by atoms with van der Waals surface area (Å²) in [7, 11) is 0. The number of carbonyl (C=O) groups excluding carboxylic acids is 1. The van der Waals surface area contributed by atoms with E-state index in [0.717, 1.165) is 0 Å². The van der Waals surface area contributed by atoms with Gasteiger partial charge in [-0.1, -0.05) is 42.5 Å². The van der Waals surface area contributed by atoms with Crippen LogP contribution in [0, 0.1) is 11.8 Å². The minimum absolute atomic E-state index is 0.00682. The number of ketones is 1. The minimum Gasteiger partial charge on any atom is -0.491 e. The van der Waals surface area contributed by atoms with Gasteiger partial charge in [0.2, 0.25) is 0 Å². The van der Waals surface area contributed by atoms with Crippen LogP contribution in [0.2, 0.25) is 0 Å². The highest BCUT2D eigenvalue weighted by Crippen LogP contribution is 2.33. The van der Waals surface area contributed by atoms with E-state index in [0.29, 0.717) is 25.0 Å². The van der Waals surface area contributed by atoms with Crippen molar-refractivity contribution in [1.29, 1.82) is 0 Å².